The van der Waals surface area contributed by atoms with E-state index in [1.165, 1.54) is 17.7 Å². The molecule has 0 radical (unpaired) electrons. The molecule has 1 unspecified atom stereocenters. The van der Waals surface area contributed by atoms with Crippen molar-refractivity contribution < 1.29 is 0 Å². The Morgan fingerprint density at radius 3 is 2.95 bits per heavy atom. The van der Waals surface area contributed by atoms with Gasteiger partial charge in [0.25, 0.3) is 0 Å². The Kier molecular flexibility index (Phi) is 3.28. The van der Waals surface area contributed by atoms with Crippen LogP contribution in [0.4, 0.5) is 11.8 Å². The highest BCUT2D eigenvalue weighted by Crippen LogP contribution is 2.37. The van der Waals surface area contributed by atoms with Crippen molar-refractivity contribution in [2.75, 3.05) is 17.3 Å². The second kappa shape index (κ2) is 4.94. The maximum Gasteiger partial charge on any atom is 0.240 e. The minimum Gasteiger partial charge on any atom is -0.369 e. The van der Waals surface area contributed by atoms with Gasteiger partial charge in [0.2, 0.25) is 5.95 Å². The number of thiophene rings is 1. The Morgan fingerprint density at radius 2 is 2.26 bits per heavy atom. The number of nitrogens with two attached hydrogens (primary N) is 1. The van der Waals surface area contributed by atoms with Crippen molar-refractivity contribution in [2.45, 2.75) is 26.7 Å². The number of aryl methyl sites for hydroxylation is 1. The molecule has 2 heterocycles. The van der Waals surface area contributed by atoms with Gasteiger partial charge in [0.15, 0.2) is 0 Å². The third kappa shape index (κ3) is 2.64. The number of fused-ring (bicyclic) bond motifs is 1. The lowest BCUT2D eigenvalue weighted by molar-refractivity contribution is 0.536. The summed E-state index contributed by atoms with van der Waals surface area (Å²) in [5, 5.41) is 4.54. The number of nitrogens with zero attached hydrogens (tertiary/aromatic N) is 2. The van der Waals surface area contributed by atoms with E-state index in [1.807, 2.05) is 0 Å². The lowest BCUT2D eigenvalue weighted by Crippen LogP contribution is -2.16. The van der Waals surface area contributed by atoms with E-state index >= 15 is 0 Å². The van der Waals surface area contributed by atoms with Crippen LogP contribution in [0.3, 0.4) is 0 Å². The van der Waals surface area contributed by atoms with Gasteiger partial charge in [-0.15, -0.1) is 11.3 Å². The third-order valence-corrected chi connectivity index (χ3v) is 4.61. The molecule has 0 aliphatic heterocycles. The predicted molar refractivity (Wildman–Crippen MR) is 80.3 cm³/mol. The van der Waals surface area contributed by atoms with E-state index in [9.17, 15) is 0 Å². The van der Waals surface area contributed by atoms with Crippen LogP contribution >= 0.6 is 11.3 Å². The highest BCUT2D eigenvalue weighted by Gasteiger charge is 2.27. The monoisotopic (exact) mass is 277 g/mol. The Labute approximate surface area is 116 Å². The van der Waals surface area contributed by atoms with Crippen LogP contribution in [0.5, 0.6) is 0 Å². The molecular weight excluding hydrogens is 258 g/mol. The normalized spacial score (nSPS) is 16.6. The fourth-order valence-electron chi connectivity index (χ4n) is 2.33. The first-order valence-electron chi connectivity index (χ1n) is 6.66. The predicted octanol–water partition coefficient (Wildman–Crippen LogP) is 2.74. The molecule has 6 heteroatoms. The van der Waals surface area contributed by atoms with Crippen LogP contribution in [0.1, 0.15) is 24.6 Å². The minimum atomic E-state index is 0.468. The van der Waals surface area contributed by atoms with Crippen LogP contribution in [0, 0.1) is 18.8 Å². The van der Waals surface area contributed by atoms with Gasteiger partial charge in [-0.1, -0.05) is 6.92 Å². The smallest absolute Gasteiger partial charge is 0.240 e. The van der Waals surface area contributed by atoms with Gasteiger partial charge in [-0.2, -0.15) is 4.98 Å². The van der Waals surface area contributed by atoms with Crippen LogP contribution < -0.4 is 16.6 Å². The van der Waals surface area contributed by atoms with Crippen molar-refractivity contribution in [1.29, 1.82) is 0 Å². The number of hydrogen-bond donors (Lipinski definition) is 3. The minimum absolute atomic E-state index is 0.468. The molecule has 2 aromatic heterocycles. The third-order valence-electron chi connectivity index (χ3n) is 3.66. The maximum atomic E-state index is 5.43. The topological polar surface area (TPSA) is 75.9 Å². The fraction of sp³-hybridized carbons (Fsp3) is 0.538. The number of aromatic nitrogens is 2. The van der Waals surface area contributed by atoms with E-state index in [1.54, 1.807) is 11.3 Å². The molecule has 0 amide bonds. The van der Waals surface area contributed by atoms with Crippen molar-refractivity contribution in [3.8, 4) is 0 Å². The molecule has 1 atom stereocenters. The van der Waals surface area contributed by atoms with Gasteiger partial charge in [-0.3, -0.25) is 5.43 Å². The second-order valence-corrected chi connectivity index (χ2v) is 6.55. The number of hydrogen-bond acceptors (Lipinski definition) is 6. The molecule has 1 saturated carbocycles. The van der Waals surface area contributed by atoms with Crippen LogP contribution in [-0.4, -0.2) is 16.5 Å². The summed E-state index contributed by atoms with van der Waals surface area (Å²) >= 11 is 1.66. The number of anilines is 2. The van der Waals surface area contributed by atoms with Crippen molar-refractivity contribution in [3.05, 3.63) is 10.9 Å². The SMILES string of the molecule is Cc1cc2c(NCC(C)C3CC3)nc(NN)nc2s1. The molecule has 1 aliphatic carbocycles. The van der Waals surface area contributed by atoms with Crippen LogP contribution in [0.2, 0.25) is 0 Å². The highest BCUT2D eigenvalue weighted by molar-refractivity contribution is 7.18. The molecule has 1 fully saturated rings. The van der Waals surface area contributed by atoms with E-state index in [4.69, 9.17) is 5.84 Å². The molecular formula is C13H19N5S. The van der Waals surface area contributed by atoms with Gasteiger partial charge in [0.05, 0.1) is 5.39 Å². The summed E-state index contributed by atoms with van der Waals surface area (Å²) in [6, 6.07) is 2.13. The molecule has 0 bridgehead atoms. The highest BCUT2D eigenvalue weighted by atomic mass is 32.1. The molecule has 0 aromatic carbocycles. The number of nitrogen functional groups attached to an aromatic ring is 1. The molecule has 19 heavy (non-hydrogen) atoms. The molecule has 0 spiro atoms. The van der Waals surface area contributed by atoms with Gasteiger partial charge in [0, 0.05) is 11.4 Å². The number of nitrogens with one attached hydrogen (secondary N) is 2. The Balaban J connectivity index is 1.86. The molecule has 5 nitrogen and oxygen atoms in total. The van der Waals surface area contributed by atoms with E-state index in [0.717, 1.165) is 28.5 Å². The zero-order valence-electron chi connectivity index (χ0n) is 11.2. The van der Waals surface area contributed by atoms with Crippen LogP contribution in [0.15, 0.2) is 6.07 Å². The summed E-state index contributed by atoms with van der Waals surface area (Å²) in [7, 11) is 0. The largest absolute Gasteiger partial charge is 0.369 e. The van der Waals surface area contributed by atoms with E-state index < -0.39 is 0 Å². The summed E-state index contributed by atoms with van der Waals surface area (Å²) < 4.78 is 0. The van der Waals surface area contributed by atoms with Crippen molar-refractivity contribution >= 4 is 33.3 Å². The van der Waals surface area contributed by atoms with Gasteiger partial charge in [-0.05, 0) is 37.7 Å². The zero-order chi connectivity index (χ0) is 13.4. The first-order valence-corrected chi connectivity index (χ1v) is 7.47. The van der Waals surface area contributed by atoms with E-state index in [0.29, 0.717) is 11.9 Å². The lowest BCUT2D eigenvalue weighted by Gasteiger charge is -2.13. The van der Waals surface area contributed by atoms with Gasteiger partial charge in [-0.25, -0.2) is 10.8 Å². The van der Waals surface area contributed by atoms with Crippen LogP contribution in [0.25, 0.3) is 10.2 Å². The summed E-state index contributed by atoms with van der Waals surface area (Å²) in [4.78, 5) is 11.0. The first-order chi connectivity index (χ1) is 9.17. The molecule has 102 valence electrons. The lowest BCUT2D eigenvalue weighted by atomic mass is 10.1. The van der Waals surface area contributed by atoms with Crippen molar-refractivity contribution in [3.63, 3.8) is 0 Å². The van der Waals surface area contributed by atoms with Gasteiger partial charge >= 0.3 is 0 Å². The Morgan fingerprint density at radius 1 is 1.47 bits per heavy atom. The van der Waals surface area contributed by atoms with Crippen molar-refractivity contribution in [2.24, 2.45) is 17.7 Å². The van der Waals surface area contributed by atoms with Gasteiger partial charge in [0.1, 0.15) is 10.6 Å². The zero-order valence-corrected chi connectivity index (χ0v) is 12.0. The summed E-state index contributed by atoms with van der Waals surface area (Å²) in [6.07, 6.45) is 2.74. The number of rotatable bonds is 5. The fourth-order valence-corrected chi connectivity index (χ4v) is 3.21. The molecule has 2 aromatic rings. The molecule has 3 rings (SSSR count). The first kappa shape index (κ1) is 12.6. The Hall–Kier alpha value is -1.40. The van der Waals surface area contributed by atoms with E-state index in [-0.39, 0.29) is 0 Å². The number of hydrazine groups is 1. The summed E-state index contributed by atoms with van der Waals surface area (Å²) in [5.41, 5.74) is 2.54. The average Bonchev–Trinajstić information content (AvgIpc) is 3.17. The van der Waals surface area contributed by atoms with E-state index in [2.05, 4.69) is 40.6 Å². The second-order valence-electron chi connectivity index (χ2n) is 5.31. The standard InChI is InChI=1S/C13H19N5S/c1-7(9-3-4-9)6-15-11-10-5-8(2)19-12(10)17-13(16-11)18-14/h5,7,9H,3-4,6,14H2,1-2H3,(H2,15,16,17,18). The Bertz CT molecular complexity index is 590. The quantitative estimate of drug-likeness (QED) is 0.579. The molecule has 0 saturated heterocycles. The molecule has 4 N–H and O–H groups in total. The average molecular weight is 277 g/mol. The van der Waals surface area contributed by atoms with Crippen molar-refractivity contribution in [1.82, 2.24) is 9.97 Å². The summed E-state index contributed by atoms with van der Waals surface area (Å²) in [6.45, 7) is 5.33. The molecule has 1 aliphatic rings. The maximum absolute atomic E-state index is 5.43. The van der Waals surface area contributed by atoms with Gasteiger partial charge < -0.3 is 5.32 Å². The van der Waals surface area contributed by atoms with Crippen LogP contribution in [-0.2, 0) is 0 Å². The summed E-state index contributed by atoms with van der Waals surface area (Å²) in [5.74, 6) is 8.37.